The molecule has 1 heterocycles. The Bertz CT molecular complexity index is 809. The van der Waals surface area contributed by atoms with E-state index in [0.29, 0.717) is 5.96 Å². The van der Waals surface area contributed by atoms with Crippen molar-refractivity contribution in [3.05, 3.63) is 54.6 Å². The Balaban J connectivity index is 1.48. The fraction of sp³-hybridized carbons (Fsp3) is 0.333. The minimum absolute atomic E-state index is 0.115. The number of anilines is 2. The number of nitrogens with one attached hydrogen (secondary N) is 3. The molecule has 2 aromatic rings. The van der Waals surface area contributed by atoms with Crippen LogP contribution in [0.25, 0.3) is 0 Å². The van der Waals surface area contributed by atoms with Crippen molar-refractivity contribution in [3.8, 4) is 5.75 Å². The molecule has 0 saturated carbocycles. The summed E-state index contributed by atoms with van der Waals surface area (Å²) in [5.41, 5.74) is 1.87. The first-order chi connectivity index (χ1) is 13.7. The molecule has 0 aromatic heterocycles. The lowest BCUT2D eigenvalue weighted by molar-refractivity contribution is -0.115. The summed E-state index contributed by atoms with van der Waals surface area (Å²) in [5.74, 6) is 1.38. The van der Waals surface area contributed by atoms with Crippen LogP contribution in [0.1, 0.15) is 6.42 Å². The van der Waals surface area contributed by atoms with Crippen molar-refractivity contribution in [3.63, 3.8) is 0 Å². The molecule has 2 aromatic carbocycles. The molecule has 1 atom stereocenters. The predicted molar refractivity (Wildman–Crippen MR) is 113 cm³/mol. The van der Waals surface area contributed by atoms with Crippen LogP contribution < -0.4 is 25.6 Å². The highest BCUT2D eigenvalue weighted by Gasteiger charge is 2.25. The fourth-order valence-corrected chi connectivity index (χ4v) is 3.27. The minimum atomic E-state index is -0.115. The van der Waals surface area contributed by atoms with Gasteiger partial charge in [0.05, 0.1) is 19.3 Å². The Labute approximate surface area is 165 Å². The van der Waals surface area contributed by atoms with Crippen LogP contribution in [-0.2, 0) is 4.79 Å². The highest BCUT2D eigenvalue weighted by atomic mass is 16.5. The van der Waals surface area contributed by atoms with E-state index in [0.717, 1.165) is 36.6 Å². The fourth-order valence-electron chi connectivity index (χ4n) is 3.27. The molecule has 28 heavy (non-hydrogen) atoms. The summed E-state index contributed by atoms with van der Waals surface area (Å²) in [4.78, 5) is 18.6. The van der Waals surface area contributed by atoms with Crippen molar-refractivity contribution in [2.75, 3.05) is 44.0 Å². The lowest BCUT2D eigenvalue weighted by Gasteiger charge is -2.22. The summed E-state index contributed by atoms with van der Waals surface area (Å²) in [6, 6.07) is 17.7. The highest BCUT2D eigenvalue weighted by molar-refractivity contribution is 5.95. The van der Waals surface area contributed by atoms with Gasteiger partial charge in [-0.05, 0) is 30.7 Å². The molecule has 148 valence electrons. The number of para-hydroxylation sites is 3. The van der Waals surface area contributed by atoms with Gasteiger partial charge in [0, 0.05) is 31.9 Å². The van der Waals surface area contributed by atoms with E-state index in [-0.39, 0.29) is 18.5 Å². The normalized spacial score (nSPS) is 16.6. The average molecular weight is 381 g/mol. The van der Waals surface area contributed by atoms with E-state index in [2.05, 4.69) is 31.9 Å². The maximum atomic E-state index is 12.1. The number of ether oxygens (including phenoxy) is 1. The van der Waals surface area contributed by atoms with E-state index in [1.165, 1.54) is 0 Å². The van der Waals surface area contributed by atoms with E-state index in [4.69, 9.17) is 4.74 Å². The monoisotopic (exact) mass is 381 g/mol. The van der Waals surface area contributed by atoms with Crippen molar-refractivity contribution in [1.29, 1.82) is 0 Å². The number of amides is 1. The van der Waals surface area contributed by atoms with Crippen LogP contribution in [0.3, 0.4) is 0 Å². The van der Waals surface area contributed by atoms with Crippen LogP contribution in [0.2, 0.25) is 0 Å². The lowest BCUT2D eigenvalue weighted by Crippen LogP contribution is -2.46. The number of carbonyl (C=O) groups is 1. The first-order valence-corrected chi connectivity index (χ1v) is 9.39. The Morgan fingerprint density at radius 2 is 1.93 bits per heavy atom. The van der Waals surface area contributed by atoms with Crippen LogP contribution in [0.15, 0.2) is 59.6 Å². The van der Waals surface area contributed by atoms with Gasteiger partial charge in [0.25, 0.3) is 0 Å². The summed E-state index contributed by atoms with van der Waals surface area (Å²) in [7, 11) is 3.40. The van der Waals surface area contributed by atoms with E-state index >= 15 is 0 Å². The highest BCUT2D eigenvalue weighted by Crippen LogP contribution is 2.30. The van der Waals surface area contributed by atoms with Gasteiger partial charge in [0.2, 0.25) is 5.91 Å². The zero-order valence-corrected chi connectivity index (χ0v) is 16.3. The number of hydrogen-bond acceptors (Lipinski definition) is 4. The minimum Gasteiger partial charge on any atom is -0.495 e. The summed E-state index contributed by atoms with van der Waals surface area (Å²) < 4.78 is 5.47. The molecule has 0 radical (unpaired) electrons. The third-order valence-electron chi connectivity index (χ3n) is 4.65. The van der Waals surface area contributed by atoms with Crippen LogP contribution >= 0.6 is 0 Å². The van der Waals surface area contributed by atoms with Gasteiger partial charge in [0.1, 0.15) is 5.75 Å². The summed E-state index contributed by atoms with van der Waals surface area (Å²) in [6.45, 7) is 1.93. The van der Waals surface area contributed by atoms with Gasteiger partial charge in [-0.3, -0.25) is 9.79 Å². The molecule has 3 N–H and O–H groups in total. The standard InChI is InChI=1S/C21H27N5O2/c1-22-21(23-14-20(27)24-16-8-4-3-5-9-16)25-17-12-13-26(15-17)18-10-6-7-11-19(18)28-2/h3-11,17H,12-15H2,1-2H3,(H,24,27)(H2,22,23,25). The maximum absolute atomic E-state index is 12.1. The second-order valence-corrected chi connectivity index (χ2v) is 6.59. The summed E-state index contributed by atoms with van der Waals surface area (Å²) in [6.07, 6.45) is 0.981. The second kappa shape index (κ2) is 9.64. The molecular formula is C21H27N5O2. The van der Waals surface area contributed by atoms with Crippen molar-refractivity contribution in [2.45, 2.75) is 12.5 Å². The molecule has 1 aliphatic rings. The molecule has 0 spiro atoms. The van der Waals surface area contributed by atoms with Crippen molar-refractivity contribution in [2.24, 2.45) is 4.99 Å². The number of aliphatic imine (C=N–C) groups is 1. The van der Waals surface area contributed by atoms with E-state index in [1.54, 1.807) is 14.2 Å². The summed E-state index contributed by atoms with van der Waals surface area (Å²) >= 11 is 0. The van der Waals surface area contributed by atoms with Crippen LogP contribution in [0, 0.1) is 0 Å². The molecule has 0 aliphatic carbocycles. The Morgan fingerprint density at radius 3 is 2.68 bits per heavy atom. The van der Waals surface area contributed by atoms with Crippen LogP contribution in [0.4, 0.5) is 11.4 Å². The van der Waals surface area contributed by atoms with Crippen LogP contribution in [0.5, 0.6) is 5.75 Å². The van der Waals surface area contributed by atoms with Gasteiger partial charge in [0.15, 0.2) is 5.96 Å². The molecule has 1 unspecified atom stereocenters. The maximum Gasteiger partial charge on any atom is 0.243 e. The molecule has 7 heteroatoms. The molecule has 1 amide bonds. The van der Waals surface area contributed by atoms with Crippen molar-refractivity contribution >= 4 is 23.2 Å². The molecule has 1 saturated heterocycles. The quantitative estimate of drug-likeness (QED) is 0.528. The van der Waals surface area contributed by atoms with Crippen molar-refractivity contribution < 1.29 is 9.53 Å². The van der Waals surface area contributed by atoms with Crippen molar-refractivity contribution in [1.82, 2.24) is 10.6 Å². The molecule has 1 fully saturated rings. The van der Waals surface area contributed by atoms with Gasteiger partial charge in [-0.2, -0.15) is 0 Å². The molecular weight excluding hydrogens is 354 g/mol. The van der Waals surface area contributed by atoms with E-state index in [1.807, 2.05) is 48.5 Å². The van der Waals surface area contributed by atoms with E-state index < -0.39 is 0 Å². The van der Waals surface area contributed by atoms with Gasteiger partial charge in [-0.15, -0.1) is 0 Å². The average Bonchev–Trinajstić information content (AvgIpc) is 3.20. The lowest BCUT2D eigenvalue weighted by atomic mass is 10.2. The first-order valence-electron chi connectivity index (χ1n) is 9.39. The van der Waals surface area contributed by atoms with Gasteiger partial charge >= 0.3 is 0 Å². The summed E-state index contributed by atoms with van der Waals surface area (Å²) in [5, 5.41) is 9.33. The second-order valence-electron chi connectivity index (χ2n) is 6.59. The predicted octanol–water partition coefficient (Wildman–Crippen LogP) is 2.08. The SMILES string of the molecule is CN=C(NCC(=O)Nc1ccccc1)NC1CCN(c2ccccc2OC)C1. The third-order valence-corrected chi connectivity index (χ3v) is 4.65. The smallest absolute Gasteiger partial charge is 0.243 e. The molecule has 3 rings (SSSR count). The molecule has 1 aliphatic heterocycles. The topological polar surface area (TPSA) is 78.0 Å². The number of guanidine groups is 1. The zero-order chi connectivity index (χ0) is 19.8. The zero-order valence-electron chi connectivity index (χ0n) is 16.3. The number of nitrogens with zero attached hydrogens (tertiary/aromatic N) is 2. The Morgan fingerprint density at radius 1 is 1.18 bits per heavy atom. The third kappa shape index (κ3) is 5.16. The molecule has 7 nitrogen and oxygen atoms in total. The first kappa shape index (κ1) is 19.5. The number of benzene rings is 2. The number of carbonyl (C=O) groups excluding carboxylic acids is 1. The number of rotatable bonds is 6. The van der Waals surface area contributed by atoms with Gasteiger partial charge in [-0.1, -0.05) is 30.3 Å². The molecule has 0 bridgehead atoms. The van der Waals surface area contributed by atoms with Gasteiger partial charge in [-0.25, -0.2) is 0 Å². The number of hydrogen-bond donors (Lipinski definition) is 3. The Hall–Kier alpha value is -3.22. The van der Waals surface area contributed by atoms with Crippen LogP contribution in [-0.4, -0.2) is 51.7 Å². The Kier molecular flexibility index (Phi) is 6.73. The van der Waals surface area contributed by atoms with E-state index in [9.17, 15) is 4.79 Å². The largest absolute Gasteiger partial charge is 0.495 e. The van der Waals surface area contributed by atoms with Gasteiger partial charge < -0.3 is 25.6 Å². The number of methoxy groups -OCH3 is 1.